The molecule has 0 fully saturated rings. The predicted molar refractivity (Wildman–Crippen MR) is 125 cm³/mol. The molecular formula is C25H25N5O2. The molecular weight excluding hydrogens is 402 g/mol. The Morgan fingerprint density at radius 2 is 2.12 bits per heavy atom. The molecule has 4 aliphatic heterocycles. The number of aliphatic imine (C=N–C) groups is 1. The van der Waals surface area contributed by atoms with Crippen LogP contribution in [0.4, 0.5) is 0 Å². The van der Waals surface area contributed by atoms with Crippen LogP contribution in [0.3, 0.4) is 0 Å². The highest BCUT2D eigenvalue weighted by molar-refractivity contribution is 6.19. The van der Waals surface area contributed by atoms with Crippen LogP contribution in [0, 0.1) is 0 Å². The molecule has 5 rings (SSSR count). The Morgan fingerprint density at radius 3 is 2.81 bits per heavy atom. The van der Waals surface area contributed by atoms with E-state index in [-0.39, 0.29) is 18.7 Å². The summed E-state index contributed by atoms with van der Waals surface area (Å²) in [6.45, 7) is 0.858. The third-order valence-electron chi connectivity index (χ3n) is 5.67. The van der Waals surface area contributed by atoms with Gasteiger partial charge in [0.05, 0.1) is 17.1 Å². The van der Waals surface area contributed by atoms with Gasteiger partial charge in [0.25, 0.3) is 5.91 Å². The van der Waals surface area contributed by atoms with Crippen molar-refractivity contribution in [3.63, 3.8) is 0 Å². The van der Waals surface area contributed by atoms with Crippen LogP contribution < -0.4 is 15.4 Å². The molecule has 2 N–H and O–H groups in total. The molecule has 0 radical (unpaired) electrons. The summed E-state index contributed by atoms with van der Waals surface area (Å²) < 4.78 is 5.57. The number of rotatable bonds is 6. The van der Waals surface area contributed by atoms with Crippen LogP contribution in [0.25, 0.3) is 0 Å². The number of carbonyl (C=O) groups excluding carboxylic acids is 1. The number of carbonyl (C=O) groups is 1. The lowest BCUT2D eigenvalue weighted by Gasteiger charge is -2.30. The van der Waals surface area contributed by atoms with Crippen LogP contribution in [0.15, 0.2) is 101 Å². The minimum Gasteiger partial charge on any atom is -0.484 e. The van der Waals surface area contributed by atoms with E-state index in [1.807, 2.05) is 30.5 Å². The monoisotopic (exact) mass is 427 g/mol. The average Bonchev–Trinajstić information content (AvgIpc) is 3.21. The van der Waals surface area contributed by atoms with Crippen molar-refractivity contribution < 1.29 is 9.53 Å². The van der Waals surface area contributed by atoms with E-state index in [4.69, 9.17) is 4.74 Å². The molecule has 0 spiro atoms. The molecule has 0 aromatic heterocycles. The summed E-state index contributed by atoms with van der Waals surface area (Å²) >= 11 is 0. The number of dihydropyridines is 1. The van der Waals surface area contributed by atoms with E-state index in [2.05, 4.69) is 63.3 Å². The Bertz CT molecular complexity index is 1150. The molecule has 1 aromatic carbocycles. The van der Waals surface area contributed by atoms with E-state index in [0.29, 0.717) is 5.75 Å². The van der Waals surface area contributed by atoms with Crippen molar-refractivity contribution in [1.82, 2.24) is 20.4 Å². The van der Waals surface area contributed by atoms with Gasteiger partial charge in [-0.25, -0.2) is 0 Å². The Kier molecular flexibility index (Phi) is 5.15. The third kappa shape index (κ3) is 3.73. The lowest BCUT2D eigenvalue weighted by Crippen LogP contribution is -2.35. The van der Waals surface area contributed by atoms with Crippen molar-refractivity contribution >= 4 is 11.6 Å². The van der Waals surface area contributed by atoms with Crippen molar-refractivity contribution in [3.8, 4) is 5.75 Å². The molecule has 1 unspecified atom stereocenters. The maximum Gasteiger partial charge on any atom is 0.259 e. The molecule has 0 saturated carbocycles. The van der Waals surface area contributed by atoms with Gasteiger partial charge >= 0.3 is 0 Å². The zero-order valence-corrected chi connectivity index (χ0v) is 18.1. The highest BCUT2D eigenvalue weighted by Crippen LogP contribution is 2.32. The van der Waals surface area contributed by atoms with E-state index >= 15 is 0 Å². The molecule has 32 heavy (non-hydrogen) atoms. The zero-order valence-electron chi connectivity index (χ0n) is 18.1. The van der Waals surface area contributed by atoms with E-state index in [1.54, 1.807) is 14.1 Å². The van der Waals surface area contributed by atoms with E-state index in [1.165, 1.54) is 4.90 Å². The second-order valence-electron chi connectivity index (χ2n) is 8.00. The largest absolute Gasteiger partial charge is 0.484 e. The molecule has 1 amide bonds. The van der Waals surface area contributed by atoms with E-state index in [9.17, 15) is 4.79 Å². The number of ether oxygens (including phenoxy) is 1. The number of allylic oxidation sites excluding steroid dienone is 5. The van der Waals surface area contributed by atoms with Crippen LogP contribution >= 0.6 is 0 Å². The number of nitrogens with one attached hydrogen (secondary N) is 2. The van der Waals surface area contributed by atoms with E-state index in [0.717, 1.165) is 40.4 Å². The molecule has 0 aliphatic carbocycles. The summed E-state index contributed by atoms with van der Waals surface area (Å²) in [5.74, 6) is 0.589. The smallest absolute Gasteiger partial charge is 0.259 e. The lowest BCUT2D eigenvalue weighted by molar-refractivity contribution is -0.130. The highest BCUT2D eigenvalue weighted by atomic mass is 16.5. The Balaban J connectivity index is 1.28. The normalized spacial score (nSPS) is 20.5. The quantitative estimate of drug-likeness (QED) is 0.730. The van der Waals surface area contributed by atoms with Crippen LogP contribution in [-0.2, 0) is 4.79 Å². The van der Waals surface area contributed by atoms with Crippen LogP contribution in [0.5, 0.6) is 5.75 Å². The Morgan fingerprint density at radius 1 is 1.28 bits per heavy atom. The van der Waals surface area contributed by atoms with Gasteiger partial charge in [-0.3, -0.25) is 9.79 Å². The number of nitrogens with zero attached hydrogens (tertiary/aromatic N) is 3. The van der Waals surface area contributed by atoms with Gasteiger partial charge in [-0.2, -0.15) is 0 Å². The fourth-order valence-corrected chi connectivity index (χ4v) is 3.79. The number of amides is 1. The second-order valence-corrected chi connectivity index (χ2v) is 8.00. The molecule has 0 bridgehead atoms. The second kappa shape index (κ2) is 8.26. The zero-order chi connectivity index (χ0) is 22.1. The van der Waals surface area contributed by atoms with Crippen molar-refractivity contribution in [2.45, 2.75) is 6.17 Å². The van der Waals surface area contributed by atoms with Crippen LogP contribution in [0.1, 0.15) is 5.56 Å². The molecule has 7 nitrogen and oxygen atoms in total. The Labute approximate surface area is 187 Å². The highest BCUT2D eigenvalue weighted by Gasteiger charge is 2.29. The van der Waals surface area contributed by atoms with Gasteiger partial charge in [0.2, 0.25) is 0 Å². The van der Waals surface area contributed by atoms with Crippen LogP contribution in [0.2, 0.25) is 0 Å². The average molecular weight is 428 g/mol. The summed E-state index contributed by atoms with van der Waals surface area (Å²) in [6, 6.07) is 7.70. The molecule has 4 aliphatic rings. The topological polar surface area (TPSA) is 69.2 Å². The van der Waals surface area contributed by atoms with Crippen molar-refractivity contribution in [2.24, 2.45) is 4.99 Å². The van der Waals surface area contributed by atoms with E-state index < -0.39 is 0 Å². The maximum atomic E-state index is 11.7. The van der Waals surface area contributed by atoms with Gasteiger partial charge in [0.1, 0.15) is 11.9 Å². The minimum absolute atomic E-state index is 0.0259. The maximum absolute atomic E-state index is 11.7. The van der Waals surface area contributed by atoms with Crippen molar-refractivity contribution in [2.75, 3.05) is 27.2 Å². The number of benzene rings is 1. The summed E-state index contributed by atoms with van der Waals surface area (Å²) in [5.41, 5.74) is 6.41. The van der Waals surface area contributed by atoms with Gasteiger partial charge in [0.15, 0.2) is 6.61 Å². The summed E-state index contributed by atoms with van der Waals surface area (Å²) in [7, 11) is 3.43. The van der Waals surface area contributed by atoms with Gasteiger partial charge in [0, 0.05) is 55.9 Å². The first-order valence-corrected chi connectivity index (χ1v) is 10.6. The van der Waals surface area contributed by atoms with Crippen molar-refractivity contribution in [3.05, 3.63) is 101 Å². The first-order chi connectivity index (χ1) is 15.6. The summed E-state index contributed by atoms with van der Waals surface area (Å²) in [5, 5.41) is 6.84. The molecule has 1 aromatic rings. The summed E-state index contributed by atoms with van der Waals surface area (Å²) in [6.07, 6.45) is 16.8. The fraction of sp³-hybridized carbons (Fsp3) is 0.200. The Hall–Kier alpha value is -4.00. The molecule has 7 heteroatoms. The van der Waals surface area contributed by atoms with Crippen molar-refractivity contribution in [1.29, 1.82) is 0 Å². The number of likely N-dealkylation sites (N-methyl/N-ethyl adjacent to an activating group) is 1. The predicted octanol–water partition coefficient (Wildman–Crippen LogP) is 2.41. The molecule has 1 atom stereocenters. The van der Waals surface area contributed by atoms with Gasteiger partial charge in [-0.1, -0.05) is 18.2 Å². The first kappa shape index (κ1) is 19.9. The number of fused-ring (bicyclic) bond motifs is 1. The number of hydrogen-bond donors (Lipinski definition) is 2. The van der Waals surface area contributed by atoms with Gasteiger partial charge in [-0.15, -0.1) is 0 Å². The standard InChI is InChI=1S/C25H25N5O2/c1-29(2)24(31)16-32-19-9-6-17(7-10-19)25-20(13-28-25)18-8-11-23-27-14-22(30(23)15-18)21-5-3-4-12-26-21/h3-11,13-15,23,26-27H,12,16H2,1-2H3. The molecule has 162 valence electrons. The SMILES string of the molecule is CN(C)C(=O)COc1ccc(C2=NC=C2C2=CN3C(C4=CC=CCN4)=CNC3C=C2)cc1. The molecule has 0 saturated heterocycles. The summed E-state index contributed by atoms with van der Waals surface area (Å²) in [4.78, 5) is 20.0. The first-order valence-electron chi connectivity index (χ1n) is 10.6. The fourth-order valence-electron chi connectivity index (χ4n) is 3.79. The minimum atomic E-state index is -0.0722. The lowest BCUT2D eigenvalue weighted by atomic mass is 9.92. The van der Waals surface area contributed by atoms with Crippen LogP contribution in [-0.4, -0.2) is 54.8 Å². The van der Waals surface area contributed by atoms with Gasteiger partial charge in [-0.05, 0) is 36.4 Å². The third-order valence-corrected chi connectivity index (χ3v) is 5.67. The molecule has 4 heterocycles. The number of hydrogen-bond acceptors (Lipinski definition) is 6. The van der Waals surface area contributed by atoms with Gasteiger partial charge < -0.3 is 25.2 Å².